The minimum Gasteiger partial charge on any atom is -0.445 e. The van der Waals surface area contributed by atoms with Gasteiger partial charge < -0.3 is 20.1 Å². The molecule has 0 spiro atoms. The van der Waals surface area contributed by atoms with Crippen molar-refractivity contribution < 1.29 is 14.6 Å². The SMILES string of the molecule is CCCN(CC)C[C@@H](NC(=O)OCc1ccccc1)[C@H](O)c1ccc(CC)cc1. The van der Waals surface area contributed by atoms with Crippen LogP contribution in [0.4, 0.5) is 4.79 Å². The van der Waals surface area contributed by atoms with E-state index in [-0.39, 0.29) is 6.61 Å². The quantitative estimate of drug-likeness (QED) is 0.592. The lowest BCUT2D eigenvalue weighted by Gasteiger charge is -2.30. The van der Waals surface area contributed by atoms with E-state index in [1.165, 1.54) is 5.56 Å². The fraction of sp³-hybridized carbons (Fsp3) is 0.458. The molecular weight excluding hydrogens is 364 g/mol. The number of benzene rings is 2. The van der Waals surface area contributed by atoms with Gasteiger partial charge in [-0.15, -0.1) is 0 Å². The second-order valence-corrected chi connectivity index (χ2v) is 7.25. The molecule has 0 unspecified atom stereocenters. The maximum atomic E-state index is 12.4. The first-order valence-corrected chi connectivity index (χ1v) is 10.5. The normalized spacial score (nSPS) is 13.1. The van der Waals surface area contributed by atoms with Crippen LogP contribution >= 0.6 is 0 Å². The van der Waals surface area contributed by atoms with E-state index < -0.39 is 18.2 Å². The van der Waals surface area contributed by atoms with Gasteiger partial charge in [-0.3, -0.25) is 0 Å². The van der Waals surface area contributed by atoms with Gasteiger partial charge in [0.15, 0.2) is 0 Å². The smallest absolute Gasteiger partial charge is 0.407 e. The Morgan fingerprint density at radius 1 is 1.03 bits per heavy atom. The molecule has 2 N–H and O–H groups in total. The first-order chi connectivity index (χ1) is 14.1. The van der Waals surface area contributed by atoms with Gasteiger partial charge >= 0.3 is 6.09 Å². The molecule has 2 atom stereocenters. The summed E-state index contributed by atoms with van der Waals surface area (Å²) in [5.74, 6) is 0. The van der Waals surface area contributed by atoms with Crippen LogP contribution < -0.4 is 5.32 Å². The molecule has 0 saturated carbocycles. The van der Waals surface area contributed by atoms with Crippen molar-refractivity contribution in [2.45, 2.75) is 52.4 Å². The number of aliphatic hydroxyl groups is 1. The molecule has 0 fully saturated rings. The van der Waals surface area contributed by atoms with E-state index in [0.29, 0.717) is 6.54 Å². The summed E-state index contributed by atoms with van der Waals surface area (Å²) >= 11 is 0. The molecule has 0 bridgehead atoms. The van der Waals surface area contributed by atoms with Crippen LogP contribution in [0.25, 0.3) is 0 Å². The van der Waals surface area contributed by atoms with Gasteiger partial charge in [0.2, 0.25) is 0 Å². The Bertz CT molecular complexity index is 719. The number of nitrogens with one attached hydrogen (secondary N) is 1. The zero-order chi connectivity index (χ0) is 21.1. The number of carbonyl (C=O) groups excluding carboxylic acids is 1. The van der Waals surface area contributed by atoms with Crippen LogP contribution in [0.2, 0.25) is 0 Å². The molecule has 158 valence electrons. The lowest BCUT2D eigenvalue weighted by atomic mass is 9.99. The number of rotatable bonds is 11. The summed E-state index contributed by atoms with van der Waals surface area (Å²) in [5, 5.41) is 13.9. The van der Waals surface area contributed by atoms with Gasteiger partial charge in [-0.1, -0.05) is 75.4 Å². The zero-order valence-corrected chi connectivity index (χ0v) is 17.8. The van der Waals surface area contributed by atoms with E-state index >= 15 is 0 Å². The lowest BCUT2D eigenvalue weighted by molar-refractivity contribution is 0.0851. The van der Waals surface area contributed by atoms with E-state index in [1.807, 2.05) is 54.6 Å². The van der Waals surface area contributed by atoms with Crippen LogP contribution in [0, 0.1) is 0 Å². The Balaban J connectivity index is 2.06. The van der Waals surface area contributed by atoms with E-state index in [1.54, 1.807) is 0 Å². The molecule has 5 heteroatoms. The molecule has 0 heterocycles. The number of hydrogen-bond acceptors (Lipinski definition) is 4. The zero-order valence-electron chi connectivity index (χ0n) is 17.8. The van der Waals surface area contributed by atoms with Gasteiger partial charge in [0, 0.05) is 6.54 Å². The van der Waals surface area contributed by atoms with Crippen molar-refractivity contribution >= 4 is 6.09 Å². The number of alkyl carbamates (subject to hydrolysis) is 1. The van der Waals surface area contributed by atoms with Gasteiger partial charge in [0.05, 0.1) is 6.04 Å². The molecule has 2 aromatic rings. The number of nitrogens with zero attached hydrogens (tertiary/aromatic N) is 1. The number of carbonyl (C=O) groups is 1. The van der Waals surface area contributed by atoms with Gasteiger partial charge in [-0.05, 0) is 42.6 Å². The molecule has 0 aliphatic heterocycles. The molecule has 1 amide bonds. The summed E-state index contributed by atoms with van der Waals surface area (Å²) in [4.78, 5) is 14.7. The summed E-state index contributed by atoms with van der Waals surface area (Å²) < 4.78 is 5.38. The topological polar surface area (TPSA) is 61.8 Å². The molecule has 5 nitrogen and oxygen atoms in total. The molecule has 0 radical (unpaired) electrons. The summed E-state index contributed by atoms with van der Waals surface area (Å²) in [6.45, 7) is 8.83. The Morgan fingerprint density at radius 3 is 2.31 bits per heavy atom. The molecular formula is C24H34N2O3. The first-order valence-electron chi connectivity index (χ1n) is 10.5. The van der Waals surface area contributed by atoms with Gasteiger partial charge in [-0.25, -0.2) is 4.79 Å². The highest BCUT2D eigenvalue weighted by molar-refractivity contribution is 5.67. The average Bonchev–Trinajstić information content (AvgIpc) is 2.77. The fourth-order valence-electron chi connectivity index (χ4n) is 3.30. The molecule has 0 aliphatic carbocycles. The minimum atomic E-state index is -0.809. The highest BCUT2D eigenvalue weighted by Gasteiger charge is 2.25. The van der Waals surface area contributed by atoms with Crippen molar-refractivity contribution in [3.63, 3.8) is 0 Å². The number of ether oxygens (including phenoxy) is 1. The second kappa shape index (κ2) is 12.2. The van der Waals surface area contributed by atoms with Crippen molar-refractivity contribution in [3.05, 3.63) is 71.3 Å². The third-order valence-electron chi connectivity index (χ3n) is 5.07. The van der Waals surface area contributed by atoms with E-state index in [2.05, 4.69) is 31.0 Å². The van der Waals surface area contributed by atoms with E-state index in [0.717, 1.165) is 37.1 Å². The maximum absolute atomic E-state index is 12.4. The lowest BCUT2D eigenvalue weighted by Crippen LogP contribution is -2.47. The van der Waals surface area contributed by atoms with Crippen molar-refractivity contribution in [1.82, 2.24) is 10.2 Å². The van der Waals surface area contributed by atoms with Crippen molar-refractivity contribution in [2.24, 2.45) is 0 Å². The van der Waals surface area contributed by atoms with Crippen LogP contribution in [0.1, 0.15) is 50.0 Å². The van der Waals surface area contributed by atoms with Crippen molar-refractivity contribution in [3.8, 4) is 0 Å². The number of aliphatic hydroxyl groups excluding tert-OH is 1. The third-order valence-corrected chi connectivity index (χ3v) is 5.07. The van der Waals surface area contributed by atoms with Crippen LogP contribution in [0.3, 0.4) is 0 Å². The second-order valence-electron chi connectivity index (χ2n) is 7.25. The molecule has 0 aliphatic rings. The van der Waals surface area contributed by atoms with E-state index in [4.69, 9.17) is 4.74 Å². The predicted molar refractivity (Wildman–Crippen MR) is 117 cm³/mol. The highest BCUT2D eigenvalue weighted by atomic mass is 16.5. The highest BCUT2D eigenvalue weighted by Crippen LogP contribution is 2.19. The van der Waals surface area contributed by atoms with Gasteiger partial charge in [-0.2, -0.15) is 0 Å². The summed E-state index contributed by atoms with van der Waals surface area (Å²) in [6, 6.07) is 17.0. The standard InChI is InChI=1S/C24H34N2O3/c1-4-16-26(6-3)17-22(23(27)21-14-12-19(5-2)13-15-21)25-24(28)29-18-20-10-8-7-9-11-20/h7-15,22-23,27H,4-6,16-18H2,1-3H3,(H,25,28)/t22-,23-/m1/s1. The molecule has 0 aromatic heterocycles. The van der Waals surface area contributed by atoms with Crippen LogP contribution in [-0.2, 0) is 17.8 Å². The molecule has 29 heavy (non-hydrogen) atoms. The predicted octanol–water partition coefficient (Wildman–Crippen LogP) is 4.31. The first kappa shape index (κ1) is 22.9. The fourth-order valence-corrected chi connectivity index (χ4v) is 3.30. The van der Waals surface area contributed by atoms with Crippen molar-refractivity contribution in [1.29, 1.82) is 0 Å². The number of aryl methyl sites for hydroxylation is 1. The largest absolute Gasteiger partial charge is 0.445 e. The van der Waals surface area contributed by atoms with Crippen LogP contribution in [0.5, 0.6) is 0 Å². The monoisotopic (exact) mass is 398 g/mol. The van der Waals surface area contributed by atoms with E-state index in [9.17, 15) is 9.90 Å². The summed E-state index contributed by atoms with van der Waals surface area (Å²) in [6.07, 6.45) is 0.635. The Kier molecular flexibility index (Phi) is 9.68. The Morgan fingerprint density at radius 2 is 1.72 bits per heavy atom. The molecule has 2 aromatic carbocycles. The number of hydrogen-bond donors (Lipinski definition) is 2. The minimum absolute atomic E-state index is 0.202. The third kappa shape index (κ3) is 7.52. The summed E-state index contributed by atoms with van der Waals surface area (Å²) in [7, 11) is 0. The number of likely N-dealkylation sites (N-methyl/N-ethyl adjacent to an activating group) is 1. The number of amides is 1. The maximum Gasteiger partial charge on any atom is 0.407 e. The summed E-state index contributed by atoms with van der Waals surface area (Å²) in [5.41, 5.74) is 2.94. The van der Waals surface area contributed by atoms with Gasteiger partial charge in [0.25, 0.3) is 0 Å². The molecule has 0 saturated heterocycles. The van der Waals surface area contributed by atoms with Gasteiger partial charge in [0.1, 0.15) is 12.7 Å². The average molecular weight is 399 g/mol. The Labute approximate surface area is 174 Å². The van der Waals surface area contributed by atoms with Crippen LogP contribution in [-0.4, -0.2) is 41.8 Å². The van der Waals surface area contributed by atoms with Crippen LogP contribution in [0.15, 0.2) is 54.6 Å². The molecule has 2 rings (SSSR count). The Hall–Kier alpha value is -2.37. The van der Waals surface area contributed by atoms with Crippen molar-refractivity contribution in [2.75, 3.05) is 19.6 Å².